The van der Waals surface area contributed by atoms with Crippen molar-refractivity contribution in [3.8, 4) is 0 Å². The van der Waals surface area contributed by atoms with Gasteiger partial charge in [-0.1, -0.05) is 13.8 Å². The van der Waals surface area contributed by atoms with Gasteiger partial charge in [0.25, 0.3) is 0 Å². The van der Waals surface area contributed by atoms with Crippen molar-refractivity contribution in [3.63, 3.8) is 0 Å². The van der Waals surface area contributed by atoms with Crippen molar-refractivity contribution in [2.75, 3.05) is 0 Å². The molecule has 1 rings (SSSR count). The zero-order valence-corrected chi connectivity index (χ0v) is 9.03. The zero-order chi connectivity index (χ0) is 9.30. The van der Waals surface area contributed by atoms with Gasteiger partial charge < -0.3 is 5.73 Å². The summed E-state index contributed by atoms with van der Waals surface area (Å²) in [5.41, 5.74) is 8.76. The number of aryl methyl sites for hydroxylation is 1. The molecular weight excluding hydrogens is 166 g/mol. The van der Waals surface area contributed by atoms with Crippen LogP contribution in [0.2, 0.25) is 0 Å². The Kier molecular flexibility index (Phi) is 2.91. The summed E-state index contributed by atoms with van der Waals surface area (Å²) in [5, 5.41) is 2.19. The fourth-order valence-electron chi connectivity index (χ4n) is 1.22. The van der Waals surface area contributed by atoms with Crippen LogP contribution in [0, 0.1) is 19.8 Å². The van der Waals surface area contributed by atoms with Crippen LogP contribution in [0.5, 0.6) is 0 Å². The molecule has 1 unspecified atom stereocenters. The third-order valence-corrected chi connectivity index (χ3v) is 3.43. The summed E-state index contributed by atoms with van der Waals surface area (Å²) in [6.45, 7) is 8.63. The van der Waals surface area contributed by atoms with Gasteiger partial charge in [0.05, 0.1) is 0 Å². The van der Waals surface area contributed by atoms with Crippen molar-refractivity contribution in [2.24, 2.45) is 11.7 Å². The second-order valence-corrected chi connectivity index (χ2v) is 4.73. The first-order valence-corrected chi connectivity index (χ1v) is 5.22. The Bertz CT molecular complexity index is 263. The first-order chi connectivity index (χ1) is 5.54. The molecule has 12 heavy (non-hydrogen) atoms. The van der Waals surface area contributed by atoms with E-state index >= 15 is 0 Å². The lowest BCUT2D eigenvalue weighted by atomic mass is 9.96. The highest BCUT2D eigenvalue weighted by atomic mass is 32.1. The first kappa shape index (κ1) is 9.75. The van der Waals surface area contributed by atoms with Gasteiger partial charge in [-0.15, -0.1) is 11.3 Å². The molecule has 1 aromatic heterocycles. The highest BCUT2D eigenvalue weighted by Crippen LogP contribution is 2.28. The normalized spacial score (nSPS) is 13.8. The Morgan fingerprint density at radius 1 is 1.33 bits per heavy atom. The number of thiophene rings is 1. The van der Waals surface area contributed by atoms with Gasteiger partial charge in [0.1, 0.15) is 0 Å². The van der Waals surface area contributed by atoms with E-state index in [2.05, 4.69) is 33.1 Å². The summed E-state index contributed by atoms with van der Waals surface area (Å²) >= 11 is 1.80. The van der Waals surface area contributed by atoms with E-state index < -0.39 is 0 Å². The average molecular weight is 183 g/mol. The van der Waals surface area contributed by atoms with Crippen LogP contribution in [0.1, 0.15) is 35.9 Å². The van der Waals surface area contributed by atoms with Gasteiger partial charge in [-0.05, 0) is 36.3 Å². The van der Waals surface area contributed by atoms with Crippen LogP contribution >= 0.6 is 11.3 Å². The Morgan fingerprint density at radius 3 is 2.25 bits per heavy atom. The molecular formula is C10H17NS. The van der Waals surface area contributed by atoms with Crippen molar-refractivity contribution >= 4 is 11.3 Å². The summed E-state index contributed by atoms with van der Waals surface area (Å²) < 4.78 is 0. The third-order valence-electron chi connectivity index (χ3n) is 2.40. The van der Waals surface area contributed by atoms with Gasteiger partial charge >= 0.3 is 0 Å². The van der Waals surface area contributed by atoms with Crippen LogP contribution in [0.3, 0.4) is 0 Å². The smallest absolute Gasteiger partial charge is 0.0329 e. The molecule has 1 atom stereocenters. The minimum Gasteiger partial charge on any atom is -0.324 e. The van der Waals surface area contributed by atoms with Gasteiger partial charge in [0.2, 0.25) is 0 Å². The summed E-state index contributed by atoms with van der Waals surface area (Å²) in [7, 11) is 0. The lowest BCUT2D eigenvalue weighted by molar-refractivity contribution is 0.513. The Balaban J connectivity index is 2.95. The fraction of sp³-hybridized carbons (Fsp3) is 0.600. The van der Waals surface area contributed by atoms with Gasteiger partial charge in [-0.2, -0.15) is 0 Å². The number of hydrogen-bond donors (Lipinski definition) is 1. The average Bonchev–Trinajstić information content (AvgIpc) is 2.32. The SMILES string of the molecule is Cc1scc(C(N)C(C)C)c1C. The quantitative estimate of drug-likeness (QED) is 0.749. The van der Waals surface area contributed by atoms with Crippen LogP contribution < -0.4 is 5.73 Å². The molecule has 1 aromatic rings. The van der Waals surface area contributed by atoms with Gasteiger partial charge in [0, 0.05) is 10.9 Å². The van der Waals surface area contributed by atoms with E-state index in [4.69, 9.17) is 5.73 Å². The minimum atomic E-state index is 0.204. The van der Waals surface area contributed by atoms with Crippen molar-refractivity contribution in [1.29, 1.82) is 0 Å². The highest BCUT2D eigenvalue weighted by molar-refractivity contribution is 7.10. The lowest BCUT2D eigenvalue weighted by Crippen LogP contribution is -2.16. The Labute approximate surface area is 78.6 Å². The summed E-state index contributed by atoms with van der Waals surface area (Å²) in [6.07, 6.45) is 0. The molecule has 0 amide bonds. The van der Waals surface area contributed by atoms with E-state index in [1.165, 1.54) is 16.0 Å². The molecule has 0 fully saturated rings. The standard InChI is InChI=1S/C10H17NS/c1-6(2)10(11)9-5-12-8(4)7(9)3/h5-6,10H,11H2,1-4H3. The minimum absolute atomic E-state index is 0.204. The van der Waals surface area contributed by atoms with Crippen LogP contribution in [0.25, 0.3) is 0 Å². The van der Waals surface area contributed by atoms with Gasteiger partial charge in [0.15, 0.2) is 0 Å². The van der Waals surface area contributed by atoms with E-state index in [0.717, 1.165) is 0 Å². The second-order valence-electron chi connectivity index (χ2n) is 3.64. The number of nitrogens with two attached hydrogens (primary N) is 1. The number of rotatable bonds is 2. The molecule has 0 bridgehead atoms. The maximum absolute atomic E-state index is 6.06. The van der Waals surface area contributed by atoms with Gasteiger partial charge in [-0.3, -0.25) is 0 Å². The molecule has 0 aliphatic rings. The number of hydrogen-bond acceptors (Lipinski definition) is 2. The zero-order valence-electron chi connectivity index (χ0n) is 8.22. The maximum atomic E-state index is 6.06. The molecule has 1 heterocycles. The molecule has 0 aliphatic heterocycles. The monoisotopic (exact) mass is 183 g/mol. The predicted molar refractivity (Wildman–Crippen MR) is 55.6 cm³/mol. The second kappa shape index (κ2) is 3.58. The highest BCUT2D eigenvalue weighted by Gasteiger charge is 2.14. The van der Waals surface area contributed by atoms with Crippen molar-refractivity contribution in [3.05, 3.63) is 21.4 Å². The van der Waals surface area contributed by atoms with Crippen molar-refractivity contribution in [2.45, 2.75) is 33.7 Å². The predicted octanol–water partition coefficient (Wildman–Crippen LogP) is 3.02. The van der Waals surface area contributed by atoms with E-state index in [1.807, 2.05) is 0 Å². The van der Waals surface area contributed by atoms with Crippen LogP contribution in [0.15, 0.2) is 5.38 Å². The van der Waals surface area contributed by atoms with Crippen LogP contribution in [-0.4, -0.2) is 0 Å². The van der Waals surface area contributed by atoms with E-state index in [-0.39, 0.29) is 6.04 Å². The Morgan fingerprint density at radius 2 is 1.92 bits per heavy atom. The molecule has 68 valence electrons. The lowest BCUT2D eigenvalue weighted by Gasteiger charge is -2.15. The van der Waals surface area contributed by atoms with Crippen molar-refractivity contribution < 1.29 is 0 Å². The van der Waals surface area contributed by atoms with E-state index in [1.54, 1.807) is 11.3 Å². The Hall–Kier alpha value is -0.340. The maximum Gasteiger partial charge on any atom is 0.0329 e. The molecule has 0 saturated carbocycles. The van der Waals surface area contributed by atoms with Gasteiger partial charge in [-0.25, -0.2) is 0 Å². The van der Waals surface area contributed by atoms with Crippen molar-refractivity contribution in [1.82, 2.24) is 0 Å². The molecule has 2 N–H and O–H groups in total. The van der Waals surface area contributed by atoms with Crippen LogP contribution in [0.4, 0.5) is 0 Å². The summed E-state index contributed by atoms with van der Waals surface area (Å²) in [4.78, 5) is 1.39. The van der Waals surface area contributed by atoms with Crippen LogP contribution in [-0.2, 0) is 0 Å². The molecule has 1 nitrogen and oxygen atoms in total. The molecule has 0 aliphatic carbocycles. The molecule has 0 spiro atoms. The van der Waals surface area contributed by atoms with E-state index in [0.29, 0.717) is 5.92 Å². The third kappa shape index (κ3) is 1.70. The molecule has 0 saturated heterocycles. The van der Waals surface area contributed by atoms with E-state index in [9.17, 15) is 0 Å². The molecule has 0 radical (unpaired) electrons. The summed E-state index contributed by atoms with van der Waals surface area (Å²) in [6, 6.07) is 0.204. The topological polar surface area (TPSA) is 26.0 Å². The molecule has 2 heteroatoms. The molecule has 0 aromatic carbocycles. The fourth-order valence-corrected chi connectivity index (χ4v) is 2.15. The summed E-state index contributed by atoms with van der Waals surface area (Å²) in [5.74, 6) is 0.526. The first-order valence-electron chi connectivity index (χ1n) is 4.34. The largest absolute Gasteiger partial charge is 0.324 e.